The number of hydrogen-bond acceptors (Lipinski definition) is 5. The molecule has 1 saturated carbocycles. The van der Waals surface area contributed by atoms with Gasteiger partial charge in [0.2, 0.25) is 0 Å². The Morgan fingerprint density at radius 3 is 2.59 bits per heavy atom. The van der Waals surface area contributed by atoms with Crippen molar-refractivity contribution in [1.29, 1.82) is 0 Å². The molecule has 3 N–H and O–H groups in total. The summed E-state index contributed by atoms with van der Waals surface area (Å²) in [5.41, 5.74) is 0.521. The van der Waals surface area contributed by atoms with Gasteiger partial charge in [-0.05, 0) is 49.2 Å². The molecule has 1 heterocycles. The number of aromatic nitrogens is 1. The van der Waals surface area contributed by atoms with Gasteiger partial charge < -0.3 is 20.3 Å². The Morgan fingerprint density at radius 1 is 1.14 bits per heavy atom. The van der Waals surface area contributed by atoms with Crippen LogP contribution >= 0.6 is 11.6 Å². The van der Waals surface area contributed by atoms with Crippen molar-refractivity contribution in [3.63, 3.8) is 0 Å². The molecule has 1 aliphatic carbocycles. The number of hydrogen-bond donors (Lipinski definition) is 3. The molecule has 0 unspecified atom stereocenters. The van der Waals surface area contributed by atoms with Crippen molar-refractivity contribution < 1.29 is 24.5 Å². The Labute approximate surface area is 170 Å². The summed E-state index contributed by atoms with van der Waals surface area (Å²) in [4.78, 5) is 27.5. The first-order valence-corrected chi connectivity index (χ1v) is 9.40. The van der Waals surface area contributed by atoms with Gasteiger partial charge in [-0.2, -0.15) is 0 Å². The number of fused-ring (bicyclic) bond motifs is 1. The summed E-state index contributed by atoms with van der Waals surface area (Å²) < 4.78 is 5.82. The molecule has 1 fully saturated rings. The summed E-state index contributed by atoms with van der Waals surface area (Å²) in [5, 5.41) is 23.4. The maximum absolute atomic E-state index is 12.4. The minimum Gasteiger partial charge on any atom is -0.505 e. The van der Waals surface area contributed by atoms with Gasteiger partial charge in [0.15, 0.2) is 11.4 Å². The quantitative estimate of drug-likeness (QED) is 0.563. The van der Waals surface area contributed by atoms with Crippen LogP contribution in [0.2, 0.25) is 5.02 Å². The average molecular weight is 413 g/mol. The number of carbonyl (C=O) groups is 2. The van der Waals surface area contributed by atoms with Crippen molar-refractivity contribution in [2.24, 2.45) is 0 Å². The maximum Gasteiger partial charge on any atom is 0.322 e. The first-order chi connectivity index (χ1) is 13.9. The molecule has 4 rings (SSSR count). The molecule has 148 valence electrons. The molecule has 0 spiro atoms. The molecule has 1 aromatic heterocycles. The van der Waals surface area contributed by atoms with Crippen LogP contribution < -0.4 is 10.1 Å². The zero-order chi connectivity index (χ0) is 20.5. The lowest BCUT2D eigenvalue weighted by atomic mass is 10.0. The third-order valence-corrected chi connectivity index (χ3v) is 4.82. The molecule has 2 aromatic carbocycles. The van der Waals surface area contributed by atoms with Crippen molar-refractivity contribution in [3.8, 4) is 17.2 Å². The van der Waals surface area contributed by atoms with Crippen molar-refractivity contribution in [3.05, 3.63) is 58.9 Å². The highest BCUT2D eigenvalue weighted by atomic mass is 35.5. The van der Waals surface area contributed by atoms with E-state index >= 15 is 0 Å². The van der Waals surface area contributed by atoms with E-state index in [1.165, 1.54) is 0 Å². The molecule has 3 aromatic rings. The zero-order valence-electron chi connectivity index (χ0n) is 15.2. The predicted molar refractivity (Wildman–Crippen MR) is 107 cm³/mol. The third kappa shape index (κ3) is 4.09. The van der Waals surface area contributed by atoms with Crippen LogP contribution in [0.5, 0.6) is 17.2 Å². The highest BCUT2D eigenvalue weighted by Gasteiger charge is 2.30. The van der Waals surface area contributed by atoms with E-state index in [1.807, 2.05) is 0 Å². The SMILES string of the molecule is O=C(O)CNC(=O)c1nc(C2CC2)c2ccc(Oc3cccc(Cl)c3)cc2c1O. The second-order valence-electron chi connectivity index (χ2n) is 6.81. The number of ether oxygens (including phenoxy) is 1. The van der Waals surface area contributed by atoms with Gasteiger partial charge in [0.1, 0.15) is 18.0 Å². The number of pyridine rings is 1. The lowest BCUT2D eigenvalue weighted by Crippen LogP contribution is -2.30. The smallest absolute Gasteiger partial charge is 0.322 e. The molecule has 0 atom stereocenters. The van der Waals surface area contributed by atoms with E-state index in [0.29, 0.717) is 27.6 Å². The average Bonchev–Trinajstić information content (AvgIpc) is 3.52. The standard InChI is InChI=1S/C21H17ClN2O5/c22-12-2-1-3-13(8-12)29-14-6-7-15-16(9-14)20(27)19(21(28)23-10-17(25)26)24-18(15)11-4-5-11/h1-3,6-9,11,27H,4-5,10H2,(H,23,28)(H,25,26). The number of benzene rings is 2. The topological polar surface area (TPSA) is 109 Å². The number of carboxylic acid groups (broad SMARTS) is 1. The largest absolute Gasteiger partial charge is 0.505 e. The Morgan fingerprint density at radius 2 is 1.90 bits per heavy atom. The van der Waals surface area contributed by atoms with E-state index in [4.69, 9.17) is 21.4 Å². The van der Waals surface area contributed by atoms with Gasteiger partial charge in [0.05, 0.1) is 5.69 Å². The molecule has 0 saturated heterocycles. The van der Waals surface area contributed by atoms with Crippen LogP contribution in [0.25, 0.3) is 10.8 Å². The van der Waals surface area contributed by atoms with Gasteiger partial charge in [-0.3, -0.25) is 9.59 Å². The highest BCUT2D eigenvalue weighted by Crippen LogP contribution is 2.45. The van der Waals surface area contributed by atoms with Gasteiger partial charge in [0.25, 0.3) is 5.91 Å². The first-order valence-electron chi connectivity index (χ1n) is 9.02. The number of aliphatic carboxylic acids is 1. The molecule has 7 nitrogen and oxygen atoms in total. The van der Waals surface area contributed by atoms with Crippen molar-refractivity contribution in [2.75, 3.05) is 6.54 Å². The number of halogens is 1. The number of rotatable bonds is 6. The van der Waals surface area contributed by atoms with Crippen molar-refractivity contribution >= 4 is 34.2 Å². The molecule has 29 heavy (non-hydrogen) atoms. The number of nitrogens with zero attached hydrogens (tertiary/aromatic N) is 1. The second kappa shape index (κ2) is 7.60. The molecule has 0 aliphatic heterocycles. The van der Waals surface area contributed by atoms with E-state index in [0.717, 1.165) is 18.2 Å². The van der Waals surface area contributed by atoms with Crippen LogP contribution in [0.3, 0.4) is 0 Å². The first kappa shape index (κ1) is 19.0. The zero-order valence-corrected chi connectivity index (χ0v) is 15.9. The third-order valence-electron chi connectivity index (χ3n) is 4.59. The number of carboxylic acids is 1. The van der Waals surface area contributed by atoms with Crippen LogP contribution in [-0.4, -0.2) is 33.6 Å². The maximum atomic E-state index is 12.4. The summed E-state index contributed by atoms with van der Waals surface area (Å²) in [6.45, 7) is -0.561. The molecule has 8 heteroatoms. The fraction of sp³-hybridized carbons (Fsp3) is 0.190. The molecule has 1 aliphatic rings. The Hall–Kier alpha value is -3.32. The summed E-state index contributed by atoms with van der Waals surface area (Å²) >= 11 is 5.99. The normalized spacial score (nSPS) is 13.3. The molecule has 0 bridgehead atoms. The van der Waals surface area contributed by atoms with Gasteiger partial charge in [-0.1, -0.05) is 17.7 Å². The van der Waals surface area contributed by atoms with Gasteiger partial charge in [-0.15, -0.1) is 0 Å². The van der Waals surface area contributed by atoms with Crippen LogP contribution in [0, 0.1) is 0 Å². The Balaban J connectivity index is 1.76. The number of nitrogens with one attached hydrogen (secondary N) is 1. The number of carbonyl (C=O) groups excluding carboxylic acids is 1. The van der Waals surface area contributed by atoms with Gasteiger partial charge >= 0.3 is 5.97 Å². The van der Waals surface area contributed by atoms with Crippen molar-refractivity contribution in [2.45, 2.75) is 18.8 Å². The van der Waals surface area contributed by atoms with Gasteiger partial charge in [0, 0.05) is 21.7 Å². The van der Waals surface area contributed by atoms with Crippen LogP contribution in [0.1, 0.15) is 34.9 Å². The Kier molecular flexibility index (Phi) is 4.98. The monoisotopic (exact) mass is 412 g/mol. The van der Waals surface area contributed by atoms with Crippen LogP contribution in [0.4, 0.5) is 0 Å². The number of aromatic hydroxyl groups is 1. The minimum absolute atomic E-state index is 0.194. The second-order valence-corrected chi connectivity index (χ2v) is 7.25. The predicted octanol–water partition coefficient (Wildman–Crippen LogP) is 4.08. The molecular formula is C21H17ClN2O5. The van der Waals surface area contributed by atoms with Crippen LogP contribution in [0.15, 0.2) is 42.5 Å². The molecule has 1 amide bonds. The fourth-order valence-corrected chi connectivity index (χ4v) is 3.28. The van der Waals surface area contributed by atoms with E-state index in [2.05, 4.69) is 10.3 Å². The summed E-state index contributed by atoms with van der Waals surface area (Å²) in [6, 6.07) is 12.1. The Bertz CT molecular complexity index is 1130. The van der Waals surface area contributed by atoms with E-state index in [-0.39, 0.29) is 17.4 Å². The fourth-order valence-electron chi connectivity index (χ4n) is 3.10. The van der Waals surface area contributed by atoms with E-state index in [1.54, 1.807) is 42.5 Å². The lowest BCUT2D eigenvalue weighted by Gasteiger charge is -2.13. The van der Waals surface area contributed by atoms with Crippen molar-refractivity contribution in [1.82, 2.24) is 10.3 Å². The van der Waals surface area contributed by atoms with Crippen LogP contribution in [-0.2, 0) is 4.79 Å². The lowest BCUT2D eigenvalue weighted by molar-refractivity contribution is -0.135. The summed E-state index contributed by atoms with van der Waals surface area (Å²) in [5.74, 6) is -1.03. The summed E-state index contributed by atoms with van der Waals surface area (Å²) in [7, 11) is 0. The molecule has 0 radical (unpaired) electrons. The van der Waals surface area contributed by atoms with E-state index < -0.39 is 18.4 Å². The molecular weight excluding hydrogens is 396 g/mol. The van der Waals surface area contributed by atoms with Gasteiger partial charge in [-0.25, -0.2) is 4.98 Å². The number of amides is 1. The summed E-state index contributed by atoms with van der Waals surface area (Å²) in [6.07, 6.45) is 1.90. The van der Waals surface area contributed by atoms with E-state index in [9.17, 15) is 14.7 Å². The highest BCUT2D eigenvalue weighted by molar-refractivity contribution is 6.30. The minimum atomic E-state index is -1.18.